The zero-order valence-electron chi connectivity index (χ0n) is 10.5. The van der Waals surface area contributed by atoms with Crippen LogP contribution in [0.25, 0.3) is 0 Å². The van der Waals surface area contributed by atoms with E-state index in [2.05, 4.69) is 33.0 Å². The standard InChI is InChI=1S/C12H25NO2/c1-10(12(2,3)4)9-13-8-6-5-7-11(14)15/h10,13H,5-9H2,1-4H3,(H,14,15). The summed E-state index contributed by atoms with van der Waals surface area (Å²) < 4.78 is 0. The summed E-state index contributed by atoms with van der Waals surface area (Å²) in [5.41, 5.74) is 0.341. The molecule has 0 amide bonds. The van der Waals surface area contributed by atoms with Crippen molar-refractivity contribution >= 4 is 5.97 Å². The Kier molecular flexibility index (Phi) is 6.57. The maximum absolute atomic E-state index is 10.3. The van der Waals surface area contributed by atoms with Gasteiger partial charge in [-0.1, -0.05) is 27.7 Å². The maximum Gasteiger partial charge on any atom is 0.303 e. The topological polar surface area (TPSA) is 49.3 Å². The zero-order valence-corrected chi connectivity index (χ0v) is 10.5. The molecule has 0 aromatic heterocycles. The fourth-order valence-electron chi connectivity index (χ4n) is 1.15. The number of rotatable bonds is 7. The van der Waals surface area contributed by atoms with Crippen molar-refractivity contribution in [2.24, 2.45) is 11.3 Å². The van der Waals surface area contributed by atoms with Crippen LogP contribution in [0, 0.1) is 11.3 Å². The van der Waals surface area contributed by atoms with E-state index < -0.39 is 5.97 Å². The van der Waals surface area contributed by atoms with Gasteiger partial charge in [0.2, 0.25) is 0 Å². The second kappa shape index (κ2) is 6.83. The van der Waals surface area contributed by atoms with Gasteiger partial charge >= 0.3 is 5.97 Å². The molecule has 1 unspecified atom stereocenters. The van der Waals surface area contributed by atoms with E-state index in [4.69, 9.17) is 5.11 Å². The summed E-state index contributed by atoms with van der Waals surface area (Å²) in [7, 11) is 0. The first kappa shape index (κ1) is 14.4. The molecule has 0 spiro atoms. The van der Waals surface area contributed by atoms with Crippen LogP contribution in [0.1, 0.15) is 47.0 Å². The number of unbranched alkanes of at least 4 members (excludes halogenated alkanes) is 1. The third-order valence-electron chi connectivity index (χ3n) is 2.92. The normalized spacial score (nSPS) is 13.9. The van der Waals surface area contributed by atoms with Gasteiger partial charge in [-0.15, -0.1) is 0 Å². The Labute approximate surface area is 93.3 Å². The molecule has 0 aliphatic heterocycles. The Morgan fingerprint density at radius 2 is 1.93 bits per heavy atom. The van der Waals surface area contributed by atoms with Crippen LogP contribution in [0.4, 0.5) is 0 Å². The highest BCUT2D eigenvalue weighted by atomic mass is 16.4. The minimum absolute atomic E-state index is 0.288. The number of carboxylic acids is 1. The predicted molar refractivity (Wildman–Crippen MR) is 63.0 cm³/mol. The van der Waals surface area contributed by atoms with Crippen LogP contribution >= 0.6 is 0 Å². The Morgan fingerprint density at radius 3 is 2.40 bits per heavy atom. The first-order chi connectivity index (χ1) is 6.84. The first-order valence-electron chi connectivity index (χ1n) is 5.76. The van der Waals surface area contributed by atoms with Gasteiger partial charge in [0, 0.05) is 6.42 Å². The van der Waals surface area contributed by atoms with E-state index in [0.29, 0.717) is 11.3 Å². The molecule has 0 saturated carbocycles. The van der Waals surface area contributed by atoms with E-state index in [-0.39, 0.29) is 6.42 Å². The molecule has 15 heavy (non-hydrogen) atoms. The van der Waals surface area contributed by atoms with Crippen molar-refractivity contribution in [1.82, 2.24) is 5.32 Å². The van der Waals surface area contributed by atoms with E-state index in [9.17, 15) is 4.79 Å². The first-order valence-corrected chi connectivity index (χ1v) is 5.76. The maximum atomic E-state index is 10.3. The van der Waals surface area contributed by atoms with Gasteiger partial charge in [0.25, 0.3) is 0 Å². The van der Waals surface area contributed by atoms with Crippen LogP contribution in [-0.2, 0) is 4.79 Å². The van der Waals surface area contributed by atoms with Crippen LogP contribution < -0.4 is 5.32 Å². The molecule has 0 aliphatic carbocycles. The quantitative estimate of drug-likeness (QED) is 0.642. The van der Waals surface area contributed by atoms with Gasteiger partial charge in [-0.25, -0.2) is 0 Å². The molecule has 0 aromatic carbocycles. The molecule has 3 heteroatoms. The SMILES string of the molecule is CC(CNCCCCC(=O)O)C(C)(C)C. The monoisotopic (exact) mass is 215 g/mol. The van der Waals surface area contributed by atoms with E-state index in [0.717, 1.165) is 25.9 Å². The molecular formula is C12H25NO2. The summed E-state index contributed by atoms with van der Waals surface area (Å²) in [4.78, 5) is 10.3. The van der Waals surface area contributed by atoms with E-state index in [1.165, 1.54) is 0 Å². The van der Waals surface area contributed by atoms with Crippen LogP contribution in [0.5, 0.6) is 0 Å². The van der Waals surface area contributed by atoms with Gasteiger partial charge in [0.05, 0.1) is 0 Å². The highest BCUT2D eigenvalue weighted by Crippen LogP contribution is 2.24. The molecule has 90 valence electrons. The van der Waals surface area contributed by atoms with Crippen molar-refractivity contribution in [3.63, 3.8) is 0 Å². The van der Waals surface area contributed by atoms with Crippen molar-refractivity contribution in [1.29, 1.82) is 0 Å². The molecule has 0 rings (SSSR count). The number of hydrogen-bond acceptors (Lipinski definition) is 2. The second-order valence-electron chi connectivity index (χ2n) is 5.32. The highest BCUT2D eigenvalue weighted by Gasteiger charge is 2.18. The number of hydrogen-bond donors (Lipinski definition) is 2. The Hall–Kier alpha value is -0.570. The molecule has 0 aromatic rings. The summed E-state index contributed by atoms with van der Waals surface area (Å²) in [6.07, 6.45) is 2.01. The fraction of sp³-hybridized carbons (Fsp3) is 0.917. The molecule has 0 bridgehead atoms. The van der Waals surface area contributed by atoms with Crippen LogP contribution in [-0.4, -0.2) is 24.2 Å². The van der Waals surface area contributed by atoms with Gasteiger partial charge in [-0.3, -0.25) is 4.79 Å². The molecule has 0 aliphatic rings. The predicted octanol–water partition coefficient (Wildman–Crippen LogP) is 2.51. The molecule has 0 fully saturated rings. The third kappa shape index (κ3) is 8.43. The fourth-order valence-corrected chi connectivity index (χ4v) is 1.15. The van der Waals surface area contributed by atoms with Gasteiger partial charge < -0.3 is 10.4 Å². The average molecular weight is 215 g/mol. The van der Waals surface area contributed by atoms with Crippen LogP contribution in [0.3, 0.4) is 0 Å². The second-order valence-corrected chi connectivity index (χ2v) is 5.32. The van der Waals surface area contributed by atoms with Crippen molar-refractivity contribution in [3.05, 3.63) is 0 Å². The van der Waals surface area contributed by atoms with E-state index in [1.807, 2.05) is 0 Å². The lowest BCUT2D eigenvalue weighted by Crippen LogP contribution is -2.30. The lowest BCUT2D eigenvalue weighted by Gasteiger charge is -2.27. The van der Waals surface area contributed by atoms with Crippen molar-refractivity contribution in [3.8, 4) is 0 Å². The van der Waals surface area contributed by atoms with Gasteiger partial charge in [-0.05, 0) is 37.3 Å². The van der Waals surface area contributed by atoms with Gasteiger partial charge in [0.15, 0.2) is 0 Å². The highest BCUT2D eigenvalue weighted by molar-refractivity contribution is 5.66. The molecular weight excluding hydrogens is 190 g/mol. The summed E-state index contributed by atoms with van der Waals surface area (Å²) in [5, 5.41) is 11.8. The van der Waals surface area contributed by atoms with Crippen LogP contribution in [0.15, 0.2) is 0 Å². The summed E-state index contributed by atoms with van der Waals surface area (Å²) >= 11 is 0. The summed E-state index contributed by atoms with van der Waals surface area (Å²) in [5.74, 6) is -0.0602. The minimum atomic E-state index is -0.696. The number of carbonyl (C=O) groups is 1. The molecule has 0 saturated heterocycles. The molecule has 2 N–H and O–H groups in total. The largest absolute Gasteiger partial charge is 0.481 e. The lowest BCUT2D eigenvalue weighted by molar-refractivity contribution is -0.137. The molecule has 1 atom stereocenters. The molecule has 3 nitrogen and oxygen atoms in total. The number of carboxylic acid groups (broad SMARTS) is 1. The summed E-state index contributed by atoms with van der Waals surface area (Å²) in [6.45, 7) is 10.9. The molecule has 0 radical (unpaired) electrons. The van der Waals surface area contributed by atoms with Crippen molar-refractivity contribution in [2.45, 2.75) is 47.0 Å². The van der Waals surface area contributed by atoms with Gasteiger partial charge in [-0.2, -0.15) is 0 Å². The smallest absolute Gasteiger partial charge is 0.303 e. The third-order valence-corrected chi connectivity index (χ3v) is 2.92. The van der Waals surface area contributed by atoms with E-state index in [1.54, 1.807) is 0 Å². The van der Waals surface area contributed by atoms with Crippen molar-refractivity contribution in [2.75, 3.05) is 13.1 Å². The lowest BCUT2D eigenvalue weighted by atomic mass is 9.82. The van der Waals surface area contributed by atoms with Crippen LogP contribution in [0.2, 0.25) is 0 Å². The number of nitrogens with one attached hydrogen (secondary N) is 1. The van der Waals surface area contributed by atoms with E-state index >= 15 is 0 Å². The Bertz CT molecular complexity index is 185. The number of aliphatic carboxylic acids is 1. The average Bonchev–Trinajstić information content (AvgIpc) is 2.08. The molecule has 0 heterocycles. The van der Waals surface area contributed by atoms with Gasteiger partial charge in [0.1, 0.15) is 0 Å². The Morgan fingerprint density at radius 1 is 1.33 bits per heavy atom. The Balaban J connectivity index is 3.35. The zero-order chi connectivity index (χ0) is 11.9. The minimum Gasteiger partial charge on any atom is -0.481 e. The van der Waals surface area contributed by atoms with Crippen molar-refractivity contribution < 1.29 is 9.90 Å². The summed E-state index contributed by atoms with van der Waals surface area (Å²) in [6, 6.07) is 0.